The quantitative estimate of drug-likeness (QED) is 0.517. The summed E-state index contributed by atoms with van der Waals surface area (Å²) in [5, 5.41) is 0. The van der Waals surface area contributed by atoms with Crippen molar-refractivity contribution < 1.29 is 22.7 Å². The van der Waals surface area contributed by atoms with Gasteiger partial charge in [-0.25, -0.2) is 8.42 Å². The van der Waals surface area contributed by atoms with E-state index >= 15 is 0 Å². The Balaban J connectivity index is 1.47. The average molecular weight is 498 g/mol. The molecule has 1 aromatic heterocycles. The largest absolute Gasteiger partial charge is 0.486 e. The summed E-state index contributed by atoms with van der Waals surface area (Å²) in [5.74, 6) is 3.41. The summed E-state index contributed by atoms with van der Waals surface area (Å²) in [7, 11) is -3.56. The molecule has 0 atom stereocenters. The summed E-state index contributed by atoms with van der Waals surface area (Å²) in [6.07, 6.45) is 8.34. The first-order valence-corrected chi connectivity index (χ1v) is 13.3. The summed E-state index contributed by atoms with van der Waals surface area (Å²) in [4.78, 5) is 17.9. The molecule has 1 amide bonds. The minimum absolute atomic E-state index is 0.181. The van der Waals surface area contributed by atoms with E-state index in [0.29, 0.717) is 48.2 Å². The SMILES string of the molecule is C#CCn1c(=NC(=O)c2ccc(S(=O)(=O)N3CCCCC3)cc2)sc2cc3c(cc21)OCCO3. The van der Waals surface area contributed by atoms with Crippen LogP contribution in [0.5, 0.6) is 11.5 Å². The first-order valence-electron chi connectivity index (χ1n) is 11.0. The van der Waals surface area contributed by atoms with Crippen LogP contribution >= 0.6 is 11.3 Å². The molecular weight excluding hydrogens is 474 g/mol. The maximum Gasteiger partial charge on any atom is 0.279 e. The molecule has 5 rings (SSSR count). The minimum Gasteiger partial charge on any atom is -0.486 e. The number of sulfonamides is 1. The number of piperidine rings is 1. The van der Waals surface area contributed by atoms with E-state index in [1.807, 2.05) is 12.1 Å². The zero-order chi connectivity index (χ0) is 23.7. The Labute approximate surface area is 201 Å². The predicted molar refractivity (Wildman–Crippen MR) is 129 cm³/mol. The van der Waals surface area contributed by atoms with Crippen LogP contribution in [0.1, 0.15) is 29.6 Å². The Hall–Kier alpha value is -3.13. The number of amides is 1. The molecule has 0 radical (unpaired) electrons. The smallest absolute Gasteiger partial charge is 0.279 e. The molecule has 10 heteroatoms. The molecule has 0 bridgehead atoms. The molecule has 0 unspecified atom stereocenters. The van der Waals surface area contributed by atoms with E-state index in [-0.39, 0.29) is 11.4 Å². The van der Waals surface area contributed by atoms with Gasteiger partial charge in [0.1, 0.15) is 13.2 Å². The van der Waals surface area contributed by atoms with E-state index in [1.165, 1.54) is 39.9 Å². The van der Waals surface area contributed by atoms with Gasteiger partial charge in [-0.2, -0.15) is 9.30 Å². The number of nitrogens with zero attached hydrogens (tertiary/aromatic N) is 3. The van der Waals surface area contributed by atoms with Gasteiger partial charge in [-0.3, -0.25) is 4.79 Å². The van der Waals surface area contributed by atoms with Crippen LogP contribution in [-0.4, -0.2) is 49.5 Å². The molecule has 0 saturated carbocycles. The fraction of sp³-hybridized carbons (Fsp3) is 0.333. The molecule has 0 N–H and O–H groups in total. The summed E-state index contributed by atoms with van der Waals surface area (Å²) < 4.78 is 41.2. The number of hydrogen-bond donors (Lipinski definition) is 0. The second kappa shape index (κ2) is 9.25. The van der Waals surface area contributed by atoms with Crippen molar-refractivity contribution >= 4 is 37.5 Å². The molecule has 0 spiro atoms. The van der Waals surface area contributed by atoms with Crippen molar-refractivity contribution in [3.8, 4) is 23.8 Å². The van der Waals surface area contributed by atoms with E-state index < -0.39 is 15.9 Å². The topological polar surface area (TPSA) is 90.2 Å². The van der Waals surface area contributed by atoms with Crippen LogP contribution in [0.2, 0.25) is 0 Å². The van der Waals surface area contributed by atoms with Crippen molar-refractivity contribution in [3.63, 3.8) is 0 Å². The Morgan fingerprint density at radius 3 is 2.41 bits per heavy atom. The van der Waals surface area contributed by atoms with Crippen molar-refractivity contribution in [2.75, 3.05) is 26.3 Å². The highest BCUT2D eigenvalue weighted by atomic mass is 32.2. The lowest BCUT2D eigenvalue weighted by Gasteiger charge is -2.25. The molecule has 176 valence electrons. The van der Waals surface area contributed by atoms with Crippen LogP contribution in [0, 0.1) is 12.3 Å². The zero-order valence-corrected chi connectivity index (χ0v) is 20.0. The van der Waals surface area contributed by atoms with Gasteiger partial charge in [0.05, 0.1) is 21.7 Å². The maximum absolute atomic E-state index is 12.9. The fourth-order valence-corrected chi connectivity index (χ4v) is 6.67. The van der Waals surface area contributed by atoms with Gasteiger partial charge in [0.2, 0.25) is 10.0 Å². The van der Waals surface area contributed by atoms with Gasteiger partial charge in [-0.05, 0) is 37.1 Å². The minimum atomic E-state index is -3.56. The molecule has 8 nitrogen and oxygen atoms in total. The number of fused-ring (bicyclic) bond motifs is 2. The first kappa shape index (κ1) is 22.7. The molecule has 34 heavy (non-hydrogen) atoms. The van der Waals surface area contributed by atoms with Crippen LogP contribution in [0.25, 0.3) is 10.2 Å². The van der Waals surface area contributed by atoms with E-state index in [0.717, 1.165) is 29.5 Å². The Kier molecular flexibility index (Phi) is 6.16. The number of hydrogen-bond acceptors (Lipinski definition) is 6. The average Bonchev–Trinajstić information content (AvgIpc) is 3.19. The number of carbonyl (C=O) groups is 1. The van der Waals surface area contributed by atoms with Crippen LogP contribution in [-0.2, 0) is 16.6 Å². The number of ether oxygens (including phenoxy) is 2. The molecule has 1 saturated heterocycles. The lowest BCUT2D eigenvalue weighted by atomic mass is 10.2. The standard InChI is InChI=1S/C24H23N3O5S2/c1-2-10-27-19-15-20-21(32-14-13-31-20)16-22(19)33-24(27)25-23(28)17-6-8-18(9-7-17)34(29,30)26-11-4-3-5-12-26/h1,6-9,15-16H,3-5,10-14H2. The highest BCUT2D eigenvalue weighted by molar-refractivity contribution is 7.89. The Morgan fingerprint density at radius 1 is 1.06 bits per heavy atom. The van der Waals surface area contributed by atoms with Gasteiger partial charge < -0.3 is 14.0 Å². The van der Waals surface area contributed by atoms with Gasteiger partial charge in [0.15, 0.2) is 16.3 Å². The normalized spacial score (nSPS) is 17.0. The number of thiazole rings is 1. The van der Waals surface area contributed by atoms with Gasteiger partial charge in [0.25, 0.3) is 5.91 Å². The fourth-order valence-electron chi connectivity index (χ4n) is 4.11. The number of carbonyl (C=O) groups excluding carboxylic acids is 1. The third kappa shape index (κ3) is 4.22. The third-order valence-corrected chi connectivity index (χ3v) is 8.80. The lowest BCUT2D eigenvalue weighted by Crippen LogP contribution is -2.35. The van der Waals surface area contributed by atoms with Gasteiger partial charge >= 0.3 is 0 Å². The van der Waals surface area contributed by atoms with Crippen molar-refractivity contribution in [3.05, 3.63) is 46.8 Å². The summed E-state index contributed by atoms with van der Waals surface area (Å²) in [6, 6.07) is 9.65. The van der Waals surface area contributed by atoms with Crippen molar-refractivity contribution in [2.24, 2.45) is 4.99 Å². The zero-order valence-electron chi connectivity index (χ0n) is 18.4. The molecule has 3 aromatic rings. The van der Waals surface area contributed by atoms with Crippen molar-refractivity contribution in [2.45, 2.75) is 30.7 Å². The highest BCUT2D eigenvalue weighted by Gasteiger charge is 2.26. The van der Waals surface area contributed by atoms with Crippen LogP contribution < -0.4 is 14.3 Å². The summed E-state index contributed by atoms with van der Waals surface area (Å²) in [5.41, 5.74) is 1.11. The highest BCUT2D eigenvalue weighted by Crippen LogP contribution is 2.35. The number of aromatic nitrogens is 1. The first-order chi connectivity index (χ1) is 16.5. The Morgan fingerprint density at radius 2 is 1.74 bits per heavy atom. The second-order valence-electron chi connectivity index (χ2n) is 8.04. The van der Waals surface area contributed by atoms with Gasteiger partial charge in [0, 0.05) is 30.8 Å². The van der Waals surface area contributed by atoms with E-state index in [1.54, 1.807) is 4.57 Å². The van der Waals surface area contributed by atoms with E-state index in [4.69, 9.17) is 15.9 Å². The number of terminal acetylenes is 1. The second-order valence-corrected chi connectivity index (χ2v) is 11.0. The maximum atomic E-state index is 12.9. The third-order valence-electron chi connectivity index (χ3n) is 5.85. The van der Waals surface area contributed by atoms with Crippen LogP contribution in [0.3, 0.4) is 0 Å². The number of benzene rings is 2. The molecule has 1 fully saturated rings. The molecule has 2 aromatic carbocycles. The van der Waals surface area contributed by atoms with Crippen molar-refractivity contribution in [1.82, 2.24) is 8.87 Å². The summed E-state index contributed by atoms with van der Waals surface area (Å²) in [6.45, 7) is 2.24. The van der Waals surface area contributed by atoms with E-state index in [2.05, 4.69) is 10.9 Å². The Bertz CT molecular complexity index is 1460. The molecule has 2 aliphatic rings. The van der Waals surface area contributed by atoms with Crippen molar-refractivity contribution in [1.29, 1.82) is 0 Å². The monoisotopic (exact) mass is 497 g/mol. The van der Waals surface area contributed by atoms with Gasteiger partial charge in [-0.1, -0.05) is 23.7 Å². The molecule has 0 aliphatic carbocycles. The van der Waals surface area contributed by atoms with E-state index in [9.17, 15) is 13.2 Å². The number of rotatable bonds is 4. The molecule has 2 aliphatic heterocycles. The summed E-state index contributed by atoms with van der Waals surface area (Å²) >= 11 is 1.33. The van der Waals surface area contributed by atoms with Crippen LogP contribution in [0.4, 0.5) is 0 Å². The van der Waals surface area contributed by atoms with Gasteiger partial charge in [-0.15, -0.1) is 6.42 Å². The molecule has 3 heterocycles. The lowest BCUT2D eigenvalue weighted by molar-refractivity contribution is 0.0998. The van der Waals surface area contributed by atoms with Crippen LogP contribution in [0.15, 0.2) is 46.3 Å². The predicted octanol–water partition coefficient (Wildman–Crippen LogP) is 3.02. The molecular formula is C24H23N3O5S2.